The molecule has 6 heteroatoms. The van der Waals surface area contributed by atoms with Crippen LogP contribution in [0.2, 0.25) is 0 Å². The topological polar surface area (TPSA) is 61.8 Å². The van der Waals surface area contributed by atoms with Crippen LogP contribution in [-0.4, -0.2) is 26.0 Å². The number of carbonyl (C=O) groups excluding carboxylic acids is 1. The zero-order valence-corrected chi connectivity index (χ0v) is 11.6. The fraction of sp³-hybridized carbons (Fsp3) is 0.417. The molecule has 0 aromatic heterocycles. The molecule has 0 radical (unpaired) electrons. The first-order chi connectivity index (χ1) is 8.57. The van der Waals surface area contributed by atoms with Crippen molar-refractivity contribution in [1.29, 1.82) is 0 Å². The molecule has 0 saturated carbocycles. The minimum Gasteiger partial charge on any atom is -0.446 e. The third-order valence-corrected chi connectivity index (χ3v) is 4.66. The van der Waals surface area contributed by atoms with Crippen molar-refractivity contribution in [2.75, 3.05) is 14.2 Å². The molecule has 100 valence electrons. The maximum Gasteiger partial charge on any atom is 0.370 e. The first kappa shape index (κ1) is 14.9. The van der Waals surface area contributed by atoms with Gasteiger partial charge >= 0.3 is 13.6 Å². The normalized spacial score (nSPS) is 13.1. The SMILES string of the molecule is CC[C@H](OC(=O)c1ccccc1)P(=O)(OC)OC. The van der Waals surface area contributed by atoms with Gasteiger partial charge in [-0.2, -0.15) is 0 Å². The molecular weight excluding hydrogens is 255 g/mol. The zero-order chi connectivity index (χ0) is 13.6. The van der Waals surface area contributed by atoms with Crippen LogP contribution in [0.3, 0.4) is 0 Å². The summed E-state index contributed by atoms with van der Waals surface area (Å²) in [7, 11) is -0.874. The smallest absolute Gasteiger partial charge is 0.370 e. The van der Waals surface area contributed by atoms with E-state index in [0.717, 1.165) is 0 Å². The van der Waals surface area contributed by atoms with Crippen molar-refractivity contribution in [1.82, 2.24) is 0 Å². The van der Waals surface area contributed by atoms with Gasteiger partial charge < -0.3 is 13.8 Å². The van der Waals surface area contributed by atoms with Gasteiger partial charge in [0.25, 0.3) is 0 Å². The molecule has 0 unspecified atom stereocenters. The summed E-state index contributed by atoms with van der Waals surface area (Å²) >= 11 is 0. The minimum atomic E-state index is -3.41. The van der Waals surface area contributed by atoms with Crippen LogP contribution >= 0.6 is 7.60 Å². The van der Waals surface area contributed by atoms with Gasteiger partial charge in [-0.1, -0.05) is 25.1 Å². The Balaban J connectivity index is 2.82. The van der Waals surface area contributed by atoms with Gasteiger partial charge in [0.2, 0.25) is 5.85 Å². The van der Waals surface area contributed by atoms with E-state index in [1.807, 2.05) is 0 Å². The molecule has 0 bridgehead atoms. The van der Waals surface area contributed by atoms with Crippen LogP contribution in [0.25, 0.3) is 0 Å². The van der Waals surface area contributed by atoms with Crippen molar-refractivity contribution in [2.24, 2.45) is 0 Å². The Labute approximate surface area is 107 Å². The van der Waals surface area contributed by atoms with E-state index in [0.29, 0.717) is 12.0 Å². The van der Waals surface area contributed by atoms with Crippen LogP contribution in [0.4, 0.5) is 0 Å². The second-order valence-electron chi connectivity index (χ2n) is 3.54. The highest BCUT2D eigenvalue weighted by atomic mass is 31.2. The predicted octanol–water partition coefficient (Wildman–Crippen LogP) is 3.07. The second kappa shape index (κ2) is 6.69. The number of esters is 1. The molecule has 0 aliphatic heterocycles. The highest BCUT2D eigenvalue weighted by molar-refractivity contribution is 7.54. The van der Waals surface area contributed by atoms with E-state index in [4.69, 9.17) is 13.8 Å². The van der Waals surface area contributed by atoms with Gasteiger partial charge in [0, 0.05) is 14.2 Å². The fourth-order valence-corrected chi connectivity index (χ4v) is 2.74. The fourth-order valence-electron chi connectivity index (χ4n) is 1.45. The van der Waals surface area contributed by atoms with Gasteiger partial charge in [-0.25, -0.2) is 4.79 Å². The van der Waals surface area contributed by atoms with Crippen LogP contribution in [0.1, 0.15) is 23.7 Å². The maximum atomic E-state index is 12.1. The molecule has 5 nitrogen and oxygen atoms in total. The van der Waals surface area contributed by atoms with E-state index in [9.17, 15) is 9.36 Å². The Morgan fingerprint density at radius 3 is 2.22 bits per heavy atom. The van der Waals surface area contributed by atoms with Gasteiger partial charge in [-0.15, -0.1) is 0 Å². The molecule has 18 heavy (non-hydrogen) atoms. The highest BCUT2D eigenvalue weighted by Gasteiger charge is 2.36. The average molecular weight is 272 g/mol. The molecule has 0 heterocycles. The molecule has 0 aliphatic rings. The van der Waals surface area contributed by atoms with Crippen molar-refractivity contribution in [3.05, 3.63) is 35.9 Å². The predicted molar refractivity (Wildman–Crippen MR) is 67.6 cm³/mol. The maximum absolute atomic E-state index is 12.1. The zero-order valence-electron chi connectivity index (χ0n) is 10.7. The molecule has 0 N–H and O–H groups in total. The lowest BCUT2D eigenvalue weighted by Crippen LogP contribution is -2.19. The summed E-state index contributed by atoms with van der Waals surface area (Å²) in [6.45, 7) is 1.74. The van der Waals surface area contributed by atoms with E-state index < -0.39 is 19.4 Å². The summed E-state index contributed by atoms with van der Waals surface area (Å²) < 4.78 is 27.0. The molecule has 0 fully saturated rings. The standard InChI is InChI=1S/C12H17O5P/c1-4-11(18(14,15-2)16-3)17-12(13)10-8-6-5-7-9-10/h5-9,11H,4H2,1-3H3/t11-/m1/s1. The van der Waals surface area contributed by atoms with Gasteiger partial charge in [0.15, 0.2) is 0 Å². The van der Waals surface area contributed by atoms with Gasteiger partial charge in [0.05, 0.1) is 5.56 Å². The molecule has 1 aromatic rings. The monoisotopic (exact) mass is 272 g/mol. The minimum absolute atomic E-state index is 0.345. The summed E-state index contributed by atoms with van der Waals surface area (Å²) in [6.07, 6.45) is 0.345. The van der Waals surface area contributed by atoms with Crippen LogP contribution < -0.4 is 0 Å². The van der Waals surface area contributed by atoms with Crippen molar-refractivity contribution >= 4 is 13.6 Å². The van der Waals surface area contributed by atoms with Gasteiger partial charge in [0.1, 0.15) is 0 Å². The molecule has 0 saturated heterocycles. The van der Waals surface area contributed by atoms with E-state index in [1.165, 1.54) is 14.2 Å². The van der Waals surface area contributed by atoms with E-state index in [1.54, 1.807) is 37.3 Å². The molecule has 0 spiro atoms. The van der Waals surface area contributed by atoms with Crippen molar-refractivity contribution < 1.29 is 23.1 Å². The quantitative estimate of drug-likeness (QED) is 0.588. The summed E-state index contributed by atoms with van der Waals surface area (Å²) in [5, 5.41) is 0. The molecular formula is C12H17O5P. The van der Waals surface area contributed by atoms with Crippen molar-refractivity contribution in [2.45, 2.75) is 19.2 Å². The molecule has 1 aromatic carbocycles. The summed E-state index contributed by atoms with van der Waals surface area (Å²) in [5.41, 5.74) is 0.398. The van der Waals surface area contributed by atoms with E-state index in [-0.39, 0.29) is 0 Å². The Morgan fingerprint density at radius 1 is 1.22 bits per heavy atom. The lowest BCUT2D eigenvalue weighted by Gasteiger charge is -2.23. The first-order valence-electron chi connectivity index (χ1n) is 5.54. The summed E-state index contributed by atoms with van der Waals surface area (Å²) in [5.74, 6) is -1.45. The molecule has 1 atom stereocenters. The van der Waals surface area contributed by atoms with Crippen LogP contribution in [0.5, 0.6) is 0 Å². The molecule has 1 rings (SSSR count). The lowest BCUT2D eigenvalue weighted by atomic mass is 10.2. The average Bonchev–Trinajstić information content (AvgIpc) is 2.44. The summed E-state index contributed by atoms with van der Waals surface area (Å²) in [6, 6.07) is 8.50. The van der Waals surface area contributed by atoms with Gasteiger partial charge in [-0.3, -0.25) is 4.57 Å². The number of hydrogen-bond acceptors (Lipinski definition) is 5. The first-order valence-corrected chi connectivity index (χ1v) is 7.15. The Kier molecular flexibility index (Phi) is 5.54. The number of carbonyl (C=O) groups is 1. The third kappa shape index (κ3) is 3.42. The van der Waals surface area contributed by atoms with Crippen LogP contribution in [0.15, 0.2) is 30.3 Å². The highest BCUT2D eigenvalue weighted by Crippen LogP contribution is 2.53. The van der Waals surface area contributed by atoms with E-state index in [2.05, 4.69) is 0 Å². The number of rotatable bonds is 6. The number of ether oxygens (including phenoxy) is 1. The Morgan fingerprint density at radius 2 is 1.78 bits per heavy atom. The van der Waals surface area contributed by atoms with Gasteiger partial charge in [-0.05, 0) is 18.6 Å². The van der Waals surface area contributed by atoms with Crippen LogP contribution in [0, 0.1) is 0 Å². The largest absolute Gasteiger partial charge is 0.446 e. The van der Waals surface area contributed by atoms with Crippen molar-refractivity contribution in [3.63, 3.8) is 0 Å². The third-order valence-electron chi connectivity index (χ3n) is 2.46. The number of hydrogen-bond donors (Lipinski definition) is 0. The van der Waals surface area contributed by atoms with Crippen molar-refractivity contribution in [3.8, 4) is 0 Å². The van der Waals surface area contributed by atoms with Crippen LogP contribution in [-0.2, 0) is 18.3 Å². The summed E-state index contributed by atoms with van der Waals surface area (Å²) in [4.78, 5) is 11.8. The molecule has 0 aliphatic carbocycles. The lowest BCUT2D eigenvalue weighted by molar-refractivity contribution is 0.0378. The Bertz CT molecular complexity index is 423. The molecule has 0 amide bonds. The second-order valence-corrected chi connectivity index (χ2v) is 5.93. The Hall–Kier alpha value is -1.16. The van der Waals surface area contributed by atoms with E-state index >= 15 is 0 Å². The number of benzene rings is 1.